The second kappa shape index (κ2) is 11.0. The third-order valence-corrected chi connectivity index (χ3v) is 6.20. The van der Waals surface area contributed by atoms with E-state index in [2.05, 4.69) is 35.7 Å². The standard InChI is InChI=1S/C31H29N3O3/c1-2-37-31-29(22-12-5-3-6-13-22)30(23-14-7-4-8-15-23)33-34(31)27-19-10-9-18-26(27)24-16-11-17-25(20-24)32-21-28(35)36/h4-5,7-20,32H,2-3,6,21H2,1H3,(H,35,36). The van der Waals surface area contributed by atoms with Gasteiger partial charge in [0.2, 0.25) is 5.88 Å². The second-order valence-corrected chi connectivity index (χ2v) is 8.72. The summed E-state index contributed by atoms with van der Waals surface area (Å²) >= 11 is 0. The number of aromatic nitrogens is 2. The van der Waals surface area contributed by atoms with Crippen molar-refractivity contribution in [2.75, 3.05) is 18.5 Å². The van der Waals surface area contributed by atoms with E-state index < -0.39 is 5.97 Å². The Morgan fingerprint density at radius 3 is 2.54 bits per heavy atom. The molecule has 6 heteroatoms. The summed E-state index contributed by atoms with van der Waals surface area (Å²) in [6.45, 7) is 2.34. The van der Waals surface area contributed by atoms with Crippen LogP contribution < -0.4 is 10.1 Å². The molecule has 0 aliphatic heterocycles. The van der Waals surface area contributed by atoms with Crippen LogP contribution in [-0.2, 0) is 4.79 Å². The average molecular weight is 492 g/mol. The summed E-state index contributed by atoms with van der Waals surface area (Å²) in [7, 11) is 0. The van der Waals surface area contributed by atoms with Crippen LogP contribution in [0, 0.1) is 0 Å². The molecule has 0 atom stereocenters. The monoisotopic (exact) mass is 491 g/mol. The highest BCUT2D eigenvalue weighted by atomic mass is 16.5. The van der Waals surface area contributed by atoms with E-state index in [1.165, 1.54) is 0 Å². The molecule has 1 aliphatic carbocycles. The maximum atomic E-state index is 11.1. The van der Waals surface area contributed by atoms with Gasteiger partial charge in [0.1, 0.15) is 12.2 Å². The van der Waals surface area contributed by atoms with E-state index in [4.69, 9.17) is 14.9 Å². The molecule has 2 N–H and O–H groups in total. The van der Waals surface area contributed by atoms with E-state index in [9.17, 15) is 4.79 Å². The summed E-state index contributed by atoms with van der Waals surface area (Å²) in [4.78, 5) is 11.1. The maximum Gasteiger partial charge on any atom is 0.322 e. The first-order valence-corrected chi connectivity index (χ1v) is 12.5. The third kappa shape index (κ3) is 5.19. The number of carbonyl (C=O) groups is 1. The number of carboxylic acids is 1. The molecular formula is C31H29N3O3. The molecule has 37 heavy (non-hydrogen) atoms. The minimum absolute atomic E-state index is 0.148. The smallest absolute Gasteiger partial charge is 0.322 e. The lowest BCUT2D eigenvalue weighted by atomic mass is 9.96. The summed E-state index contributed by atoms with van der Waals surface area (Å²) in [6, 6.07) is 26.0. The Labute approximate surface area is 216 Å². The summed E-state index contributed by atoms with van der Waals surface area (Å²) in [6.07, 6.45) is 8.60. The van der Waals surface area contributed by atoms with E-state index >= 15 is 0 Å². The molecule has 5 rings (SSSR count). The fourth-order valence-electron chi connectivity index (χ4n) is 4.57. The quantitative estimate of drug-likeness (QED) is 0.268. The van der Waals surface area contributed by atoms with Crippen molar-refractivity contribution in [3.05, 3.63) is 103 Å². The lowest BCUT2D eigenvalue weighted by Crippen LogP contribution is -2.12. The van der Waals surface area contributed by atoms with Gasteiger partial charge in [-0.25, -0.2) is 0 Å². The molecule has 3 aromatic carbocycles. The number of carboxylic acid groups (broad SMARTS) is 1. The highest BCUT2D eigenvalue weighted by Gasteiger charge is 2.25. The Morgan fingerprint density at radius 2 is 1.78 bits per heavy atom. The molecule has 0 saturated carbocycles. The van der Waals surface area contributed by atoms with Crippen molar-refractivity contribution in [3.63, 3.8) is 0 Å². The second-order valence-electron chi connectivity index (χ2n) is 8.72. The van der Waals surface area contributed by atoms with E-state index in [0.717, 1.165) is 57.7 Å². The van der Waals surface area contributed by atoms with Gasteiger partial charge in [0, 0.05) is 16.8 Å². The number of nitrogens with zero attached hydrogens (tertiary/aromatic N) is 2. The lowest BCUT2D eigenvalue weighted by Gasteiger charge is -2.15. The number of rotatable bonds is 9. The Balaban J connectivity index is 1.70. The van der Waals surface area contributed by atoms with Crippen LogP contribution in [0.5, 0.6) is 5.88 Å². The van der Waals surface area contributed by atoms with Crippen LogP contribution in [0.15, 0.2) is 97.1 Å². The number of benzene rings is 3. The maximum absolute atomic E-state index is 11.1. The van der Waals surface area contributed by atoms with Crippen LogP contribution in [-0.4, -0.2) is 34.0 Å². The van der Waals surface area contributed by atoms with Gasteiger partial charge in [-0.05, 0) is 49.1 Å². The van der Waals surface area contributed by atoms with Crippen molar-refractivity contribution in [2.45, 2.75) is 19.8 Å². The average Bonchev–Trinajstić information content (AvgIpc) is 3.32. The highest BCUT2D eigenvalue weighted by Crippen LogP contribution is 2.41. The molecule has 0 bridgehead atoms. The normalized spacial score (nSPS) is 12.7. The molecule has 0 spiro atoms. The zero-order chi connectivity index (χ0) is 25.6. The number of allylic oxidation sites excluding steroid dienone is 4. The minimum Gasteiger partial charge on any atom is -0.480 e. The van der Waals surface area contributed by atoms with E-state index in [1.807, 2.05) is 78.3 Å². The SMILES string of the molecule is CCOc1c(C2=CCCC=C2)c(-c2ccccc2)nn1-c1ccccc1-c1cccc(NCC(=O)O)c1. The Hall–Kier alpha value is -4.58. The van der Waals surface area contributed by atoms with Crippen molar-refractivity contribution in [3.8, 4) is 34.0 Å². The largest absolute Gasteiger partial charge is 0.480 e. The first kappa shape index (κ1) is 24.1. The number of anilines is 1. The van der Waals surface area contributed by atoms with Crippen LogP contribution in [0.3, 0.4) is 0 Å². The Kier molecular flexibility index (Phi) is 7.17. The molecule has 1 heterocycles. The highest BCUT2D eigenvalue weighted by molar-refractivity contribution is 5.88. The van der Waals surface area contributed by atoms with Crippen LogP contribution in [0.4, 0.5) is 5.69 Å². The fraction of sp³-hybridized carbons (Fsp3) is 0.161. The predicted octanol–water partition coefficient (Wildman–Crippen LogP) is 6.83. The molecule has 1 aromatic heterocycles. The zero-order valence-corrected chi connectivity index (χ0v) is 20.7. The molecule has 1 aliphatic rings. The zero-order valence-electron chi connectivity index (χ0n) is 20.7. The van der Waals surface area contributed by atoms with E-state index in [0.29, 0.717) is 12.5 Å². The number of nitrogens with one attached hydrogen (secondary N) is 1. The van der Waals surface area contributed by atoms with Crippen LogP contribution in [0.2, 0.25) is 0 Å². The van der Waals surface area contributed by atoms with Crippen LogP contribution in [0.1, 0.15) is 25.3 Å². The van der Waals surface area contributed by atoms with Gasteiger partial charge in [-0.3, -0.25) is 4.79 Å². The molecule has 6 nitrogen and oxygen atoms in total. The molecule has 186 valence electrons. The summed E-state index contributed by atoms with van der Waals surface area (Å²) in [5.41, 5.74) is 7.51. The number of aliphatic carboxylic acids is 1. The van der Waals surface area contributed by atoms with Crippen molar-refractivity contribution in [1.82, 2.24) is 9.78 Å². The number of ether oxygens (including phenoxy) is 1. The minimum atomic E-state index is -0.907. The van der Waals surface area contributed by atoms with Gasteiger partial charge in [-0.1, -0.05) is 78.9 Å². The van der Waals surface area contributed by atoms with Crippen LogP contribution >= 0.6 is 0 Å². The molecule has 0 radical (unpaired) electrons. The van der Waals surface area contributed by atoms with Crippen molar-refractivity contribution >= 4 is 17.2 Å². The molecule has 0 fully saturated rings. The number of para-hydroxylation sites is 1. The van der Waals surface area contributed by atoms with E-state index in [1.54, 1.807) is 0 Å². The van der Waals surface area contributed by atoms with Gasteiger partial charge in [-0.15, -0.1) is 0 Å². The van der Waals surface area contributed by atoms with Gasteiger partial charge < -0.3 is 15.2 Å². The van der Waals surface area contributed by atoms with E-state index in [-0.39, 0.29) is 6.54 Å². The van der Waals surface area contributed by atoms with Gasteiger partial charge in [0.25, 0.3) is 0 Å². The molecular weight excluding hydrogens is 462 g/mol. The predicted molar refractivity (Wildman–Crippen MR) is 148 cm³/mol. The Morgan fingerprint density at radius 1 is 1.00 bits per heavy atom. The third-order valence-electron chi connectivity index (χ3n) is 6.20. The summed E-state index contributed by atoms with van der Waals surface area (Å²) < 4.78 is 8.21. The van der Waals surface area contributed by atoms with Gasteiger partial charge >= 0.3 is 5.97 Å². The first-order chi connectivity index (χ1) is 18.2. The topological polar surface area (TPSA) is 76.4 Å². The number of hydrogen-bond donors (Lipinski definition) is 2. The van der Waals surface area contributed by atoms with Gasteiger partial charge in [0.05, 0.1) is 17.9 Å². The first-order valence-electron chi connectivity index (χ1n) is 12.5. The molecule has 0 saturated heterocycles. The van der Waals surface area contributed by atoms with Crippen LogP contribution in [0.25, 0.3) is 33.6 Å². The van der Waals surface area contributed by atoms with Crippen molar-refractivity contribution < 1.29 is 14.6 Å². The lowest BCUT2D eigenvalue weighted by molar-refractivity contribution is -0.134. The number of hydrogen-bond acceptors (Lipinski definition) is 4. The fourth-order valence-corrected chi connectivity index (χ4v) is 4.57. The summed E-state index contributed by atoms with van der Waals surface area (Å²) in [5, 5.41) is 17.2. The molecule has 0 amide bonds. The summed E-state index contributed by atoms with van der Waals surface area (Å²) in [5.74, 6) is -0.206. The van der Waals surface area contributed by atoms with Crippen molar-refractivity contribution in [2.24, 2.45) is 0 Å². The molecule has 4 aromatic rings. The molecule has 0 unspecified atom stereocenters. The van der Waals surface area contributed by atoms with Gasteiger partial charge in [-0.2, -0.15) is 9.78 Å². The van der Waals surface area contributed by atoms with Crippen molar-refractivity contribution in [1.29, 1.82) is 0 Å². The Bertz CT molecular complexity index is 1470. The van der Waals surface area contributed by atoms with Gasteiger partial charge in [0.15, 0.2) is 0 Å².